The molecule has 1 aromatic carbocycles. The minimum Gasteiger partial charge on any atom is -0.476 e. The molecule has 4 aliphatic rings. The zero-order valence-corrected chi connectivity index (χ0v) is 16.7. The predicted octanol–water partition coefficient (Wildman–Crippen LogP) is 2.49. The van der Waals surface area contributed by atoms with Gasteiger partial charge in [-0.3, -0.25) is 4.79 Å². The van der Waals surface area contributed by atoms with Crippen LogP contribution >= 0.6 is 0 Å². The van der Waals surface area contributed by atoms with E-state index in [2.05, 4.69) is 15.1 Å². The molecule has 1 unspecified atom stereocenters. The topological polar surface area (TPSA) is 112 Å². The van der Waals surface area contributed by atoms with Crippen molar-refractivity contribution in [3.63, 3.8) is 0 Å². The highest BCUT2D eigenvalue weighted by Gasteiger charge is 2.73. The Morgan fingerprint density at radius 1 is 1.32 bits per heavy atom. The summed E-state index contributed by atoms with van der Waals surface area (Å²) in [6.45, 7) is 0.0599. The standard InChI is InChI=1S/C22H20FN5O3/c23-17-2-1-14(5-15(17)9-29)18-3-4-27-28(18)20(30)22-10-21(11-22,12-22)13-31-19-8-25-16(6-24)7-26-19/h1-2,4-5,7-8,18,29H,3,9-13H2. The lowest BCUT2D eigenvalue weighted by Crippen LogP contribution is -2.69. The lowest BCUT2D eigenvalue weighted by molar-refractivity contribution is -0.227. The number of nitrogens with zero attached hydrogens (tertiary/aromatic N) is 5. The number of benzene rings is 1. The fourth-order valence-corrected chi connectivity index (χ4v) is 5.11. The molecular weight excluding hydrogens is 401 g/mol. The first-order chi connectivity index (χ1) is 15.0. The second-order valence-electron chi connectivity index (χ2n) is 8.66. The quantitative estimate of drug-likeness (QED) is 0.767. The average molecular weight is 421 g/mol. The third-order valence-electron chi connectivity index (χ3n) is 6.53. The Kier molecular flexibility index (Phi) is 4.48. The number of hydrogen-bond acceptors (Lipinski definition) is 7. The van der Waals surface area contributed by atoms with Crippen molar-refractivity contribution in [3.8, 4) is 11.9 Å². The van der Waals surface area contributed by atoms with Crippen LogP contribution in [0.5, 0.6) is 5.88 Å². The second kappa shape index (κ2) is 7.10. The van der Waals surface area contributed by atoms with Crippen molar-refractivity contribution in [3.05, 3.63) is 53.2 Å². The molecule has 158 valence electrons. The number of amides is 1. The van der Waals surface area contributed by atoms with Gasteiger partial charge in [-0.1, -0.05) is 6.07 Å². The molecule has 2 heterocycles. The van der Waals surface area contributed by atoms with Crippen molar-refractivity contribution < 1.29 is 19.0 Å². The first kappa shape index (κ1) is 19.6. The van der Waals surface area contributed by atoms with E-state index in [0.717, 1.165) is 24.8 Å². The van der Waals surface area contributed by atoms with Gasteiger partial charge in [-0.05, 0) is 37.0 Å². The lowest BCUT2D eigenvalue weighted by Gasteiger charge is -2.69. The maximum absolute atomic E-state index is 13.7. The molecule has 1 aliphatic heterocycles. The van der Waals surface area contributed by atoms with Gasteiger partial charge in [0.2, 0.25) is 11.8 Å². The smallest absolute Gasteiger partial charge is 0.249 e. The fourth-order valence-electron chi connectivity index (χ4n) is 5.11. The fraction of sp³-hybridized carbons (Fsp3) is 0.409. The van der Waals surface area contributed by atoms with E-state index >= 15 is 0 Å². The van der Waals surface area contributed by atoms with E-state index in [4.69, 9.17) is 10.00 Å². The molecule has 0 saturated heterocycles. The van der Waals surface area contributed by atoms with Crippen LogP contribution in [0.2, 0.25) is 0 Å². The third kappa shape index (κ3) is 3.15. The monoisotopic (exact) mass is 421 g/mol. The highest BCUT2D eigenvalue weighted by molar-refractivity contribution is 5.88. The zero-order chi connectivity index (χ0) is 21.6. The summed E-state index contributed by atoms with van der Waals surface area (Å²) in [6, 6.07) is 6.19. The SMILES string of the molecule is N#Cc1cnc(OCC23CC(C(=O)N4N=CCC4c4ccc(F)c(CO)c4)(C2)C3)cn1. The summed E-state index contributed by atoms with van der Waals surface area (Å²) in [5, 5.41) is 23.9. The average Bonchev–Trinajstić information content (AvgIpc) is 3.22. The number of aromatic nitrogens is 2. The van der Waals surface area contributed by atoms with Gasteiger partial charge < -0.3 is 9.84 Å². The summed E-state index contributed by atoms with van der Waals surface area (Å²) in [4.78, 5) is 21.3. The van der Waals surface area contributed by atoms with Gasteiger partial charge in [0.15, 0.2) is 5.69 Å². The van der Waals surface area contributed by atoms with Gasteiger partial charge >= 0.3 is 0 Å². The van der Waals surface area contributed by atoms with Gasteiger partial charge in [0.05, 0.1) is 37.1 Å². The molecule has 8 nitrogen and oxygen atoms in total. The molecule has 3 aliphatic carbocycles. The summed E-state index contributed by atoms with van der Waals surface area (Å²) in [5.74, 6) is -0.109. The summed E-state index contributed by atoms with van der Waals surface area (Å²) in [5.41, 5.74) is 0.754. The Hall–Kier alpha value is -3.38. The van der Waals surface area contributed by atoms with Crippen LogP contribution < -0.4 is 4.74 Å². The van der Waals surface area contributed by atoms with Crippen molar-refractivity contribution in [2.75, 3.05) is 6.61 Å². The van der Waals surface area contributed by atoms with Crippen molar-refractivity contribution in [2.24, 2.45) is 15.9 Å². The normalized spacial score (nSPS) is 27.9. The molecular formula is C22H20FN5O3. The molecule has 0 radical (unpaired) electrons. The number of hydrogen-bond donors (Lipinski definition) is 1. The number of halogens is 1. The number of carbonyl (C=O) groups excluding carboxylic acids is 1. The number of hydrazone groups is 1. The third-order valence-corrected chi connectivity index (χ3v) is 6.53. The van der Waals surface area contributed by atoms with Gasteiger partial charge in [-0.15, -0.1) is 0 Å². The van der Waals surface area contributed by atoms with Crippen LogP contribution in [0, 0.1) is 28.0 Å². The Labute approximate surface area is 178 Å². The molecule has 3 saturated carbocycles. The van der Waals surface area contributed by atoms with Crippen LogP contribution in [-0.4, -0.2) is 38.8 Å². The molecule has 31 heavy (non-hydrogen) atoms. The summed E-state index contributed by atoms with van der Waals surface area (Å²) < 4.78 is 19.5. The van der Waals surface area contributed by atoms with Crippen LogP contribution in [0.25, 0.3) is 0 Å². The largest absolute Gasteiger partial charge is 0.476 e. The number of carbonyl (C=O) groups is 1. The second-order valence-corrected chi connectivity index (χ2v) is 8.66. The summed E-state index contributed by atoms with van der Waals surface area (Å²) in [6.07, 6.45) is 7.25. The van der Waals surface area contributed by atoms with Gasteiger partial charge in [-0.2, -0.15) is 10.4 Å². The number of nitriles is 1. The zero-order valence-electron chi connectivity index (χ0n) is 16.7. The summed E-state index contributed by atoms with van der Waals surface area (Å²) >= 11 is 0. The lowest BCUT2D eigenvalue weighted by atomic mass is 9.35. The molecule has 1 aromatic heterocycles. The minimum absolute atomic E-state index is 0.0128. The first-order valence-corrected chi connectivity index (χ1v) is 10.1. The Bertz CT molecular complexity index is 1090. The van der Waals surface area contributed by atoms with E-state index in [1.165, 1.54) is 23.5 Å². The molecule has 0 spiro atoms. The maximum Gasteiger partial charge on any atom is 0.249 e. The van der Waals surface area contributed by atoms with E-state index < -0.39 is 17.8 Å². The number of aliphatic hydroxyl groups is 1. The minimum atomic E-state index is -0.462. The Balaban J connectivity index is 1.22. The summed E-state index contributed by atoms with van der Waals surface area (Å²) in [7, 11) is 0. The van der Waals surface area contributed by atoms with Crippen LogP contribution in [0.15, 0.2) is 35.7 Å². The van der Waals surface area contributed by atoms with Crippen molar-refractivity contribution in [2.45, 2.75) is 38.3 Å². The molecule has 6 rings (SSSR count). The van der Waals surface area contributed by atoms with Gasteiger partial charge in [0.1, 0.15) is 11.9 Å². The van der Waals surface area contributed by atoms with Crippen LogP contribution in [0.3, 0.4) is 0 Å². The number of aliphatic hydroxyl groups excluding tert-OH is 1. The number of rotatable bonds is 6. The molecule has 1 amide bonds. The van der Waals surface area contributed by atoms with Crippen molar-refractivity contribution >= 4 is 12.1 Å². The predicted molar refractivity (Wildman–Crippen MR) is 106 cm³/mol. The molecule has 2 aromatic rings. The van der Waals surface area contributed by atoms with Crippen molar-refractivity contribution in [1.29, 1.82) is 5.26 Å². The van der Waals surface area contributed by atoms with Gasteiger partial charge in [-0.25, -0.2) is 19.4 Å². The molecule has 9 heteroatoms. The molecule has 1 N–H and O–H groups in total. The van der Waals surface area contributed by atoms with E-state index in [1.54, 1.807) is 18.3 Å². The van der Waals surface area contributed by atoms with Gasteiger partial charge in [0.25, 0.3) is 0 Å². The van der Waals surface area contributed by atoms with E-state index in [9.17, 15) is 14.3 Å². The molecule has 3 fully saturated rings. The van der Waals surface area contributed by atoms with Crippen molar-refractivity contribution in [1.82, 2.24) is 15.0 Å². The van der Waals surface area contributed by atoms with Crippen LogP contribution in [0.4, 0.5) is 4.39 Å². The van der Waals surface area contributed by atoms with Crippen LogP contribution in [-0.2, 0) is 11.4 Å². The molecule has 2 bridgehead atoms. The Morgan fingerprint density at radius 2 is 2.13 bits per heavy atom. The van der Waals surface area contributed by atoms with E-state index in [-0.39, 0.29) is 28.6 Å². The number of ether oxygens (including phenoxy) is 1. The molecule has 1 atom stereocenters. The van der Waals surface area contributed by atoms with E-state index in [0.29, 0.717) is 18.9 Å². The highest BCUT2D eigenvalue weighted by Crippen LogP contribution is 2.74. The highest BCUT2D eigenvalue weighted by atomic mass is 19.1. The van der Waals surface area contributed by atoms with Gasteiger partial charge in [0, 0.05) is 23.6 Å². The Morgan fingerprint density at radius 3 is 2.81 bits per heavy atom. The van der Waals surface area contributed by atoms with E-state index in [1.807, 2.05) is 6.07 Å². The van der Waals surface area contributed by atoms with Crippen LogP contribution in [0.1, 0.15) is 48.5 Å². The maximum atomic E-state index is 13.7. The first-order valence-electron chi connectivity index (χ1n) is 10.1.